The molecule has 0 fully saturated rings. The number of ether oxygens (including phenoxy) is 1. The van der Waals surface area contributed by atoms with E-state index < -0.39 is 23.8 Å². The lowest BCUT2D eigenvalue weighted by Crippen LogP contribution is -2.25. The maximum Gasteiger partial charge on any atom is 0.326 e. The second-order valence-corrected chi connectivity index (χ2v) is 7.31. The van der Waals surface area contributed by atoms with Gasteiger partial charge in [0, 0.05) is 17.6 Å². The van der Waals surface area contributed by atoms with E-state index in [1.807, 2.05) is 0 Å². The van der Waals surface area contributed by atoms with Gasteiger partial charge in [-0.15, -0.1) is 0 Å². The zero-order valence-electron chi connectivity index (χ0n) is 16.2. The third kappa shape index (κ3) is 4.37. The summed E-state index contributed by atoms with van der Waals surface area (Å²) in [5.74, 6) is -1.53. The number of nitrogens with one attached hydrogen (secondary N) is 2. The van der Waals surface area contributed by atoms with E-state index in [2.05, 4.69) is 20.7 Å². The maximum atomic E-state index is 14.0. The Morgan fingerprint density at radius 2 is 2.03 bits per heavy atom. The van der Waals surface area contributed by atoms with Crippen molar-refractivity contribution in [2.24, 2.45) is 0 Å². The molecule has 4 N–H and O–H groups in total. The van der Waals surface area contributed by atoms with E-state index in [1.165, 1.54) is 0 Å². The normalized spacial score (nSPS) is 16.5. The Morgan fingerprint density at radius 1 is 1.26 bits per heavy atom. The Bertz CT molecular complexity index is 1120. The van der Waals surface area contributed by atoms with Crippen molar-refractivity contribution in [3.63, 3.8) is 0 Å². The molecule has 1 aromatic heterocycles. The number of nitrogens with zero attached hydrogens (tertiary/aromatic N) is 3. The molecule has 0 bridgehead atoms. The first-order chi connectivity index (χ1) is 14.8. The Labute approximate surface area is 181 Å². The van der Waals surface area contributed by atoms with Crippen molar-refractivity contribution >= 4 is 23.2 Å². The van der Waals surface area contributed by atoms with Crippen molar-refractivity contribution in [1.82, 2.24) is 15.1 Å². The molecule has 0 spiro atoms. The van der Waals surface area contributed by atoms with Crippen LogP contribution < -0.4 is 15.5 Å². The van der Waals surface area contributed by atoms with Crippen LogP contribution in [0.5, 0.6) is 11.8 Å². The van der Waals surface area contributed by atoms with Crippen LogP contribution in [0, 0.1) is 11.6 Å². The molecule has 1 aliphatic heterocycles. The highest BCUT2D eigenvalue weighted by Crippen LogP contribution is 2.44. The first-order valence-electron chi connectivity index (χ1n) is 9.29. The van der Waals surface area contributed by atoms with Crippen LogP contribution in [-0.4, -0.2) is 38.1 Å². The van der Waals surface area contributed by atoms with Crippen molar-refractivity contribution in [3.05, 3.63) is 70.2 Å². The van der Waals surface area contributed by atoms with Crippen LogP contribution >= 0.6 is 11.6 Å². The summed E-state index contributed by atoms with van der Waals surface area (Å²) in [5.41, 5.74) is 3.72. The molecule has 0 amide bonds. The molecule has 0 radical (unpaired) electrons. The van der Waals surface area contributed by atoms with Crippen LogP contribution in [0.3, 0.4) is 0 Å². The molecule has 11 heteroatoms. The number of aliphatic hydroxyl groups is 1. The molecule has 8 nitrogen and oxygen atoms in total. The van der Waals surface area contributed by atoms with Gasteiger partial charge in [-0.1, -0.05) is 35.0 Å². The lowest BCUT2D eigenvalue weighted by Gasteiger charge is -2.20. The molecule has 2 unspecified atom stereocenters. The number of fused-ring (bicyclic) bond motifs is 1. The summed E-state index contributed by atoms with van der Waals surface area (Å²) in [7, 11) is 0. The summed E-state index contributed by atoms with van der Waals surface area (Å²) < 4.78 is 32.6. The van der Waals surface area contributed by atoms with E-state index in [9.17, 15) is 19.1 Å². The molecule has 31 heavy (non-hydrogen) atoms. The predicted molar refractivity (Wildman–Crippen MR) is 109 cm³/mol. The molecule has 0 saturated heterocycles. The SMILES string of the molecule is CC(O)CNc1nc(Oc2ccc(F)cc2F)nc2c1C(c1ccccc1Cl)N(O)N2. The Balaban J connectivity index is 1.77. The van der Waals surface area contributed by atoms with Gasteiger partial charge in [-0.05, 0) is 30.7 Å². The molecule has 4 rings (SSSR count). The van der Waals surface area contributed by atoms with Crippen LogP contribution in [-0.2, 0) is 0 Å². The average molecular weight is 450 g/mol. The van der Waals surface area contributed by atoms with Gasteiger partial charge in [0.25, 0.3) is 0 Å². The van der Waals surface area contributed by atoms with E-state index in [0.29, 0.717) is 22.2 Å². The zero-order valence-corrected chi connectivity index (χ0v) is 16.9. The molecule has 2 heterocycles. The fraction of sp³-hybridized carbons (Fsp3) is 0.200. The summed E-state index contributed by atoms with van der Waals surface area (Å²) in [4.78, 5) is 8.48. The largest absolute Gasteiger partial charge is 0.421 e. The van der Waals surface area contributed by atoms with Crippen molar-refractivity contribution < 1.29 is 23.8 Å². The Morgan fingerprint density at radius 3 is 2.74 bits per heavy atom. The van der Waals surface area contributed by atoms with Gasteiger partial charge in [0.15, 0.2) is 17.4 Å². The average Bonchev–Trinajstić information content (AvgIpc) is 3.04. The number of hydrazine groups is 1. The van der Waals surface area contributed by atoms with Crippen molar-refractivity contribution in [1.29, 1.82) is 0 Å². The summed E-state index contributed by atoms with van der Waals surface area (Å²) >= 11 is 6.32. The Kier molecular flexibility index (Phi) is 5.88. The quantitative estimate of drug-likeness (QED) is 0.446. The molecule has 0 aliphatic carbocycles. The first-order valence-corrected chi connectivity index (χ1v) is 9.67. The highest BCUT2D eigenvalue weighted by Gasteiger charge is 2.37. The van der Waals surface area contributed by atoms with Crippen LogP contribution in [0.4, 0.5) is 20.4 Å². The van der Waals surface area contributed by atoms with Crippen molar-refractivity contribution in [3.8, 4) is 11.8 Å². The summed E-state index contributed by atoms with van der Waals surface area (Å²) in [6, 6.07) is 8.76. The fourth-order valence-electron chi connectivity index (χ4n) is 3.15. The fourth-order valence-corrected chi connectivity index (χ4v) is 3.39. The minimum atomic E-state index is -0.923. The van der Waals surface area contributed by atoms with Gasteiger partial charge in [0.05, 0.1) is 11.7 Å². The molecule has 162 valence electrons. The van der Waals surface area contributed by atoms with Crippen molar-refractivity contribution in [2.75, 3.05) is 17.3 Å². The van der Waals surface area contributed by atoms with Gasteiger partial charge in [0.2, 0.25) is 0 Å². The number of aliphatic hydroxyl groups excluding tert-OH is 1. The number of hydrogen-bond donors (Lipinski definition) is 4. The lowest BCUT2D eigenvalue weighted by atomic mass is 10.0. The van der Waals surface area contributed by atoms with Crippen molar-refractivity contribution in [2.45, 2.75) is 19.1 Å². The molecular weight excluding hydrogens is 432 g/mol. The number of aromatic nitrogens is 2. The van der Waals surface area contributed by atoms with Crippen LogP contribution in [0.2, 0.25) is 5.02 Å². The van der Waals surface area contributed by atoms with Crippen LogP contribution in [0.15, 0.2) is 42.5 Å². The van der Waals surface area contributed by atoms with E-state index >= 15 is 0 Å². The van der Waals surface area contributed by atoms with E-state index in [0.717, 1.165) is 17.3 Å². The van der Waals surface area contributed by atoms with E-state index in [4.69, 9.17) is 16.3 Å². The van der Waals surface area contributed by atoms with Gasteiger partial charge in [-0.25, -0.2) is 8.78 Å². The second-order valence-electron chi connectivity index (χ2n) is 6.90. The van der Waals surface area contributed by atoms with E-state index in [-0.39, 0.29) is 29.9 Å². The van der Waals surface area contributed by atoms with Gasteiger partial charge in [-0.2, -0.15) is 9.97 Å². The van der Waals surface area contributed by atoms with Crippen LogP contribution in [0.25, 0.3) is 0 Å². The molecular formula is C20H18ClF2N5O3. The highest BCUT2D eigenvalue weighted by atomic mass is 35.5. The highest BCUT2D eigenvalue weighted by molar-refractivity contribution is 6.31. The minimum absolute atomic E-state index is 0.133. The standard InChI is InChI=1S/C20H18ClF2N5O3/c1-10(29)9-24-18-16-17(12-4-2-3-5-13(12)21)28(30)27-19(16)26-20(25-18)31-15-7-6-11(22)8-14(15)23/h2-8,10,17,29-30H,9H2,1H3,(H2,24,25,26,27). The molecule has 2 aromatic carbocycles. The monoisotopic (exact) mass is 449 g/mol. The third-order valence-corrected chi connectivity index (χ3v) is 4.87. The minimum Gasteiger partial charge on any atom is -0.421 e. The lowest BCUT2D eigenvalue weighted by molar-refractivity contribution is -0.0839. The van der Waals surface area contributed by atoms with Gasteiger partial charge >= 0.3 is 6.01 Å². The topological polar surface area (TPSA) is 103 Å². The first kappa shape index (κ1) is 21.2. The predicted octanol–water partition coefficient (Wildman–Crippen LogP) is 4.11. The van der Waals surface area contributed by atoms with Gasteiger partial charge < -0.3 is 15.2 Å². The Hall–Kier alpha value is -3.05. The zero-order chi connectivity index (χ0) is 22.1. The smallest absolute Gasteiger partial charge is 0.326 e. The number of hydrogen-bond acceptors (Lipinski definition) is 8. The number of anilines is 2. The number of benzene rings is 2. The number of rotatable bonds is 6. The van der Waals surface area contributed by atoms with Crippen LogP contribution in [0.1, 0.15) is 24.1 Å². The summed E-state index contributed by atoms with van der Waals surface area (Å²) in [6.07, 6.45) is -0.706. The molecule has 0 saturated carbocycles. The third-order valence-electron chi connectivity index (χ3n) is 4.52. The number of halogens is 3. The van der Waals surface area contributed by atoms with E-state index in [1.54, 1.807) is 31.2 Å². The molecule has 1 aliphatic rings. The summed E-state index contributed by atoms with van der Waals surface area (Å²) in [5, 5.41) is 24.4. The summed E-state index contributed by atoms with van der Waals surface area (Å²) in [6.45, 7) is 1.72. The maximum absolute atomic E-state index is 14.0. The van der Waals surface area contributed by atoms with Gasteiger partial charge in [0.1, 0.15) is 17.7 Å². The van der Waals surface area contributed by atoms with Gasteiger partial charge in [-0.3, -0.25) is 10.6 Å². The molecule has 3 aromatic rings. The number of hydroxylamine groups is 1. The second kappa shape index (κ2) is 8.60. The molecule has 2 atom stereocenters.